The van der Waals surface area contributed by atoms with E-state index in [-0.39, 0.29) is 0 Å². The molecule has 1 saturated carbocycles. The lowest BCUT2D eigenvalue weighted by Gasteiger charge is -2.04. The third kappa shape index (κ3) is 2.22. The maximum absolute atomic E-state index is 4.26. The summed E-state index contributed by atoms with van der Waals surface area (Å²) in [5, 5.41) is 12.0. The van der Waals surface area contributed by atoms with E-state index in [1.807, 2.05) is 25.2 Å². The number of hydrogen-bond donors (Lipinski definition) is 1. The second-order valence-corrected chi connectivity index (χ2v) is 4.52. The van der Waals surface area contributed by atoms with E-state index in [9.17, 15) is 0 Å². The molecule has 2 aromatic rings. The van der Waals surface area contributed by atoms with Gasteiger partial charge in [0.2, 0.25) is 0 Å². The zero-order chi connectivity index (χ0) is 11.7. The van der Waals surface area contributed by atoms with Crippen molar-refractivity contribution >= 4 is 0 Å². The normalized spacial score (nSPS) is 15.1. The van der Waals surface area contributed by atoms with Crippen LogP contribution in [-0.4, -0.2) is 20.8 Å². The van der Waals surface area contributed by atoms with Crippen molar-refractivity contribution in [3.63, 3.8) is 0 Å². The number of rotatable bonds is 4. The van der Waals surface area contributed by atoms with Crippen molar-refractivity contribution in [2.45, 2.75) is 25.4 Å². The van der Waals surface area contributed by atoms with Crippen molar-refractivity contribution in [2.24, 2.45) is 7.05 Å². The molecule has 1 aromatic heterocycles. The Balaban J connectivity index is 1.81. The Kier molecular flexibility index (Phi) is 2.65. The first-order valence-electron chi connectivity index (χ1n) is 6.01. The molecular formula is C13H16N4. The van der Waals surface area contributed by atoms with Gasteiger partial charge >= 0.3 is 0 Å². The van der Waals surface area contributed by atoms with Crippen LogP contribution in [0.15, 0.2) is 30.3 Å². The van der Waals surface area contributed by atoms with Crippen molar-refractivity contribution in [1.82, 2.24) is 20.1 Å². The second-order valence-electron chi connectivity index (χ2n) is 4.52. The van der Waals surface area contributed by atoms with E-state index < -0.39 is 0 Å². The molecule has 1 fully saturated rings. The Morgan fingerprint density at radius 1 is 1.24 bits per heavy atom. The van der Waals surface area contributed by atoms with Crippen LogP contribution in [0.2, 0.25) is 0 Å². The maximum atomic E-state index is 4.26. The van der Waals surface area contributed by atoms with Gasteiger partial charge in [0, 0.05) is 18.7 Å². The number of benzene rings is 1. The molecule has 1 aliphatic carbocycles. The van der Waals surface area contributed by atoms with Crippen LogP contribution in [0.25, 0.3) is 11.4 Å². The van der Waals surface area contributed by atoms with Crippen LogP contribution < -0.4 is 5.32 Å². The van der Waals surface area contributed by atoms with Crippen LogP contribution in [0.1, 0.15) is 18.7 Å². The summed E-state index contributed by atoms with van der Waals surface area (Å²) in [4.78, 5) is 0. The van der Waals surface area contributed by atoms with E-state index in [4.69, 9.17) is 0 Å². The van der Waals surface area contributed by atoms with E-state index >= 15 is 0 Å². The fraction of sp³-hybridized carbons (Fsp3) is 0.385. The van der Waals surface area contributed by atoms with Crippen molar-refractivity contribution in [1.29, 1.82) is 0 Å². The number of hydrogen-bond acceptors (Lipinski definition) is 3. The molecule has 0 bridgehead atoms. The third-order valence-electron chi connectivity index (χ3n) is 3.12. The van der Waals surface area contributed by atoms with Crippen LogP contribution in [0.3, 0.4) is 0 Å². The van der Waals surface area contributed by atoms with E-state index in [2.05, 4.69) is 32.2 Å². The Bertz CT molecular complexity index is 499. The molecule has 1 N–H and O–H groups in total. The molecule has 88 valence electrons. The van der Waals surface area contributed by atoms with Crippen molar-refractivity contribution in [3.8, 4) is 11.4 Å². The summed E-state index contributed by atoms with van der Waals surface area (Å²) in [5.41, 5.74) is 1.11. The monoisotopic (exact) mass is 228 g/mol. The first kappa shape index (κ1) is 10.5. The average molecular weight is 228 g/mol. The zero-order valence-corrected chi connectivity index (χ0v) is 9.93. The highest BCUT2D eigenvalue weighted by molar-refractivity contribution is 5.54. The average Bonchev–Trinajstić information content (AvgIpc) is 3.12. The van der Waals surface area contributed by atoms with Gasteiger partial charge in [-0.05, 0) is 12.8 Å². The van der Waals surface area contributed by atoms with Crippen LogP contribution in [0.4, 0.5) is 0 Å². The Labute approximate surface area is 101 Å². The van der Waals surface area contributed by atoms with Crippen molar-refractivity contribution < 1.29 is 0 Å². The predicted octanol–water partition coefficient (Wildman–Crippen LogP) is 1.73. The van der Waals surface area contributed by atoms with Gasteiger partial charge < -0.3 is 9.88 Å². The summed E-state index contributed by atoms with van der Waals surface area (Å²) >= 11 is 0. The minimum Gasteiger partial charge on any atom is -0.313 e. The lowest BCUT2D eigenvalue weighted by atomic mass is 10.2. The summed E-state index contributed by atoms with van der Waals surface area (Å²) in [6, 6.07) is 10.9. The van der Waals surface area contributed by atoms with Gasteiger partial charge in [0.05, 0.1) is 6.54 Å². The number of nitrogens with one attached hydrogen (secondary N) is 1. The Morgan fingerprint density at radius 2 is 2.00 bits per heavy atom. The molecule has 0 saturated heterocycles. The fourth-order valence-electron chi connectivity index (χ4n) is 1.88. The van der Waals surface area contributed by atoms with Gasteiger partial charge in [-0.1, -0.05) is 30.3 Å². The topological polar surface area (TPSA) is 42.7 Å². The fourth-order valence-corrected chi connectivity index (χ4v) is 1.88. The number of nitrogens with zero attached hydrogens (tertiary/aromatic N) is 3. The van der Waals surface area contributed by atoms with Gasteiger partial charge in [0.25, 0.3) is 0 Å². The minimum absolute atomic E-state index is 0.701. The Hall–Kier alpha value is -1.68. The molecule has 17 heavy (non-hydrogen) atoms. The van der Waals surface area contributed by atoms with Gasteiger partial charge in [-0.15, -0.1) is 10.2 Å². The molecule has 1 heterocycles. The molecule has 0 aliphatic heterocycles. The van der Waals surface area contributed by atoms with E-state index in [0.29, 0.717) is 6.04 Å². The zero-order valence-electron chi connectivity index (χ0n) is 9.93. The third-order valence-corrected chi connectivity index (χ3v) is 3.12. The molecule has 0 unspecified atom stereocenters. The van der Waals surface area contributed by atoms with Gasteiger partial charge in [0.15, 0.2) is 5.82 Å². The molecule has 1 aliphatic rings. The van der Waals surface area contributed by atoms with E-state index in [0.717, 1.165) is 23.8 Å². The smallest absolute Gasteiger partial charge is 0.163 e. The molecule has 4 heteroatoms. The van der Waals surface area contributed by atoms with Gasteiger partial charge in [-0.3, -0.25) is 0 Å². The lowest BCUT2D eigenvalue weighted by Crippen LogP contribution is -2.18. The minimum atomic E-state index is 0.701. The van der Waals surface area contributed by atoms with Crippen LogP contribution in [0.5, 0.6) is 0 Å². The van der Waals surface area contributed by atoms with Crippen molar-refractivity contribution in [3.05, 3.63) is 36.2 Å². The highest BCUT2D eigenvalue weighted by Gasteiger charge is 2.21. The van der Waals surface area contributed by atoms with Crippen molar-refractivity contribution in [2.75, 3.05) is 0 Å². The molecule has 0 amide bonds. The second kappa shape index (κ2) is 4.30. The molecule has 0 radical (unpaired) electrons. The number of aromatic nitrogens is 3. The summed E-state index contributed by atoms with van der Waals surface area (Å²) in [5.74, 6) is 1.92. The maximum Gasteiger partial charge on any atom is 0.163 e. The Morgan fingerprint density at radius 3 is 2.71 bits per heavy atom. The molecule has 4 nitrogen and oxygen atoms in total. The summed E-state index contributed by atoms with van der Waals surface area (Å²) in [6.45, 7) is 0.807. The molecular weight excluding hydrogens is 212 g/mol. The molecule has 0 spiro atoms. The first-order valence-corrected chi connectivity index (χ1v) is 6.01. The largest absolute Gasteiger partial charge is 0.313 e. The molecule has 3 rings (SSSR count). The lowest BCUT2D eigenvalue weighted by molar-refractivity contribution is 0.634. The van der Waals surface area contributed by atoms with E-state index in [1.54, 1.807) is 0 Å². The standard InChI is InChI=1S/C13H16N4/c1-17-12(9-14-11-7-8-11)15-16-13(17)10-5-3-2-4-6-10/h2-6,11,14H,7-9H2,1H3. The van der Waals surface area contributed by atoms with Crippen LogP contribution >= 0.6 is 0 Å². The first-order chi connectivity index (χ1) is 8.34. The quantitative estimate of drug-likeness (QED) is 0.866. The highest BCUT2D eigenvalue weighted by Crippen LogP contribution is 2.20. The van der Waals surface area contributed by atoms with Gasteiger partial charge in [-0.25, -0.2) is 0 Å². The molecule has 1 aromatic carbocycles. The van der Waals surface area contributed by atoms with Crippen LogP contribution in [0, 0.1) is 0 Å². The van der Waals surface area contributed by atoms with Gasteiger partial charge in [-0.2, -0.15) is 0 Å². The SMILES string of the molecule is Cn1c(CNC2CC2)nnc1-c1ccccc1. The molecule has 0 atom stereocenters. The van der Waals surface area contributed by atoms with E-state index in [1.165, 1.54) is 12.8 Å². The summed E-state index contributed by atoms with van der Waals surface area (Å²) < 4.78 is 2.06. The van der Waals surface area contributed by atoms with Gasteiger partial charge in [0.1, 0.15) is 5.82 Å². The summed E-state index contributed by atoms with van der Waals surface area (Å²) in [7, 11) is 2.02. The summed E-state index contributed by atoms with van der Waals surface area (Å²) in [6.07, 6.45) is 2.59. The highest BCUT2D eigenvalue weighted by atomic mass is 15.3. The predicted molar refractivity (Wildman–Crippen MR) is 66.3 cm³/mol. The van der Waals surface area contributed by atoms with Crippen LogP contribution in [-0.2, 0) is 13.6 Å².